The molecule has 0 spiro atoms. The van der Waals surface area contributed by atoms with Crippen LogP contribution in [-0.4, -0.2) is 16.4 Å². The van der Waals surface area contributed by atoms with Crippen LogP contribution in [-0.2, 0) is 19.3 Å². The van der Waals surface area contributed by atoms with Gasteiger partial charge >= 0.3 is 0 Å². The van der Waals surface area contributed by atoms with E-state index in [0.29, 0.717) is 11.7 Å². The molecule has 3 rings (SSSR count). The summed E-state index contributed by atoms with van der Waals surface area (Å²) in [6, 6.07) is 16.1. The second kappa shape index (κ2) is 8.38. The summed E-state index contributed by atoms with van der Waals surface area (Å²) in [5.74, 6) is 1.26. The van der Waals surface area contributed by atoms with Crippen molar-refractivity contribution in [3.63, 3.8) is 0 Å². The minimum atomic E-state index is 0.588. The largest absolute Gasteiger partial charge is 0.339 e. The van der Waals surface area contributed by atoms with E-state index in [1.165, 1.54) is 5.56 Å². The van der Waals surface area contributed by atoms with E-state index < -0.39 is 0 Å². The highest BCUT2D eigenvalue weighted by atomic mass is 16.5. The molecule has 4 heteroatoms. The van der Waals surface area contributed by atoms with Crippen molar-refractivity contribution < 1.29 is 9.32 Å². The number of aromatic nitrogens is 2. The minimum absolute atomic E-state index is 0.588. The molecule has 0 unspecified atom stereocenters. The molecular weight excluding hydrogens is 312 g/mol. The van der Waals surface area contributed by atoms with Gasteiger partial charge in [-0.3, -0.25) is 4.79 Å². The molecule has 4 nitrogen and oxygen atoms in total. The summed E-state index contributed by atoms with van der Waals surface area (Å²) in [7, 11) is 0. The monoisotopic (exact) mass is 334 g/mol. The number of hydrogen-bond acceptors (Lipinski definition) is 4. The molecule has 0 fully saturated rings. The quantitative estimate of drug-likeness (QED) is 0.443. The summed E-state index contributed by atoms with van der Waals surface area (Å²) in [6.07, 6.45) is 5.64. The maximum Gasteiger partial charge on any atom is 0.226 e. The minimum Gasteiger partial charge on any atom is -0.339 e. The number of carbonyl (C=O) groups excluding carboxylic acids is 1. The van der Waals surface area contributed by atoms with Crippen LogP contribution in [0.4, 0.5) is 0 Å². The number of carbonyl (C=O) groups is 1. The molecule has 0 N–H and O–H groups in total. The predicted molar refractivity (Wildman–Crippen MR) is 97.6 cm³/mol. The van der Waals surface area contributed by atoms with Gasteiger partial charge in [-0.15, -0.1) is 0 Å². The van der Waals surface area contributed by atoms with E-state index in [1.807, 2.05) is 31.2 Å². The molecule has 1 heterocycles. The lowest BCUT2D eigenvalue weighted by Gasteiger charge is -2.03. The lowest BCUT2D eigenvalue weighted by molar-refractivity contribution is 0.112. The fourth-order valence-corrected chi connectivity index (χ4v) is 2.89. The summed E-state index contributed by atoms with van der Waals surface area (Å²) in [6.45, 7) is 2.03. The van der Waals surface area contributed by atoms with E-state index in [4.69, 9.17) is 4.52 Å². The van der Waals surface area contributed by atoms with Crippen LogP contribution in [0.25, 0.3) is 11.4 Å². The second-order valence-corrected chi connectivity index (χ2v) is 6.09. The van der Waals surface area contributed by atoms with E-state index in [9.17, 15) is 4.79 Å². The lowest BCUT2D eigenvalue weighted by atomic mass is 10.0. The van der Waals surface area contributed by atoms with Crippen molar-refractivity contribution >= 4 is 6.29 Å². The Morgan fingerprint density at radius 2 is 1.84 bits per heavy atom. The number of nitrogens with zero attached hydrogens (tertiary/aromatic N) is 2. The van der Waals surface area contributed by atoms with Gasteiger partial charge in [-0.25, -0.2) is 0 Å². The van der Waals surface area contributed by atoms with Crippen LogP contribution in [0.15, 0.2) is 53.1 Å². The van der Waals surface area contributed by atoms with Gasteiger partial charge in [-0.1, -0.05) is 54.5 Å². The molecule has 1 aromatic heterocycles. The molecule has 0 aliphatic heterocycles. The molecule has 0 amide bonds. The zero-order valence-electron chi connectivity index (χ0n) is 14.4. The van der Waals surface area contributed by atoms with Gasteiger partial charge in [0.05, 0.1) is 0 Å². The summed E-state index contributed by atoms with van der Waals surface area (Å²) < 4.78 is 5.37. The van der Waals surface area contributed by atoms with Gasteiger partial charge in [0.25, 0.3) is 0 Å². The van der Waals surface area contributed by atoms with Gasteiger partial charge in [-0.2, -0.15) is 4.98 Å². The Hall–Kier alpha value is -2.75. The summed E-state index contributed by atoms with van der Waals surface area (Å²) >= 11 is 0. The number of unbranched alkanes of at least 4 members (excludes halogenated alkanes) is 1. The molecule has 0 radical (unpaired) electrons. The van der Waals surface area contributed by atoms with E-state index in [1.54, 1.807) is 0 Å². The molecule has 128 valence electrons. The Morgan fingerprint density at radius 3 is 2.60 bits per heavy atom. The zero-order valence-corrected chi connectivity index (χ0v) is 14.4. The molecular formula is C21H22N2O2. The molecule has 0 aliphatic rings. The topological polar surface area (TPSA) is 56.0 Å². The first-order valence-corrected chi connectivity index (χ1v) is 8.75. The normalized spacial score (nSPS) is 10.8. The number of aryl methyl sites for hydroxylation is 3. The van der Waals surface area contributed by atoms with Gasteiger partial charge in [-0.05, 0) is 42.9 Å². The standard InChI is InChI=1S/C21H22N2O2/c1-2-17-14-18(12-13-19(17)15-24)21-22-20(25-23-21)11-7-6-10-16-8-4-3-5-9-16/h3-5,8-9,12-15H,2,6-7,10-11H2,1H3. The van der Waals surface area contributed by atoms with Crippen LogP contribution in [0, 0.1) is 0 Å². The zero-order chi connectivity index (χ0) is 17.5. The van der Waals surface area contributed by atoms with Gasteiger partial charge in [0.2, 0.25) is 11.7 Å². The molecule has 3 aromatic rings. The first-order chi connectivity index (χ1) is 12.3. The van der Waals surface area contributed by atoms with Crippen molar-refractivity contribution in [3.05, 3.63) is 71.1 Å². The highest BCUT2D eigenvalue weighted by molar-refractivity contribution is 5.79. The number of hydrogen-bond donors (Lipinski definition) is 0. The third kappa shape index (κ3) is 4.41. The highest BCUT2D eigenvalue weighted by Crippen LogP contribution is 2.20. The van der Waals surface area contributed by atoms with Crippen LogP contribution in [0.5, 0.6) is 0 Å². The Bertz CT molecular complexity index is 825. The molecule has 0 saturated heterocycles. The molecule has 0 saturated carbocycles. The van der Waals surface area contributed by atoms with Crippen LogP contribution < -0.4 is 0 Å². The van der Waals surface area contributed by atoms with Crippen LogP contribution >= 0.6 is 0 Å². The summed E-state index contributed by atoms with van der Waals surface area (Å²) in [5.41, 5.74) is 3.97. The maximum atomic E-state index is 11.0. The van der Waals surface area contributed by atoms with Crippen LogP contribution in [0.1, 0.15) is 47.1 Å². The van der Waals surface area contributed by atoms with Gasteiger partial charge < -0.3 is 4.52 Å². The molecule has 0 aliphatic carbocycles. The maximum absolute atomic E-state index is 11.0. The average Bonchev–Trinajstić information content (AvgIpc) is 3.14. The first kappa shape index (κ1) is 17.1. The molecule has 2 aromatic carbocycles. The Morgan fingerprint density at radius 1 is 1.04 bits per heavy atom. The van der Waals surface area contributed by atoms with Crippen LogP contribution in [0.2, 0.25) is 0 Å². The fourth-order valence-electron chi connectivity index (χ4n) is 2.89. The second-order valence-electron chi connectivity index (χ2n) is 6.09. The Balaban J connectivity index is 1.58. The lowest BCUT2D eigenvalue weighted by Crippen LogP contribution is -1.93. The number of aldehydes is 1. The smallest absolute Gasteiger partial charge is 0.226 e. The summed E-state index contributed by atoms with van der Waals surface area (Å²) in [5, 5.41) is 4.08. The number of rotatable bonds is 8. The summed E-state index contributed by atoms with van der Waals surface area (Å²) in [4.78, 5) is 15.5. The van der Waals surface area contributed by atoms with E-state index >= 15 is 0 Å². The van der Waals surface area contributed by atoms with Crippen molar-refractivity contribution in [2.24, 2.45) is 0 Å². The fraction of sp³-hybridized carbons (Fsp3) is 0.286. The van der Waals surface area contributed by atoms with Gasteiger partial charge in [0.1, 0.15) is 6.29 Å². The molecule has 25 heavy (non-hydrogen) atoms. The van der Waals surface area contributed by atoms with Crippen molar-refractivity contribution in [1.29, 1.82) is 0 Å². The van der Waals surface area contributed by atoms with E-state index in [2.05, 4.69) is 34.4 Å². The van der Waals surface area contributed by atoms with Gasteiger partial charge in [0, 0.05) is 17.5 Å². The predicted octanol–water partition coefficient (Wildman–Crippen LogP) is 4.68. The van der Waals surface area contributed by atoms with E-state index in [-0.39, 0.29) is 0 Å². The van der Waals surface area contributed by atoms with Crippen LogP contribution in [0.3, 0.4) is 0 Å². The third-order valence-corrected chi connectivity index (χ3v) is 4.33. The third-order valence-electron chi connectivity index (χ3n) is 4.33. The average molecular weight is 334 g/mol. The molecule has 0 bridgehead atoms. The van der Waals surface area contributed by atoms with Crippen molar-refractivity contribution in [3.8, 4) is 11.4 Å². The molecule has 0 atom stereocenters. The highest BCUT2D eigenvalue weighted by Gasteiger charge is 2.10. The van der Waals surface area contributed by atoms with E-state index in [0.717, 1.165) is 55.1 Å². The SMILES string of the molecule is CCc1cc(-c2noc(CCCCc3ccccc3)n2)ccc1C=O. The number of benzene rings is 2. The Kier molecular flexibility index (Phi) is 5.73. The Labute approximate surface area is 147 Å². The van der Waals surface area contributed by atoms with Crippen molar-refractivity contribution in [1.82, 2.24) is 10.1 Å². The van der Waals surface area contributed by atoms with Crippen molar-refractivity contribution in [2.45, 2.75) is 39.0 Å². The first-order valence-electron chi connectivity index (χ1n) is 8.75. The van der Waals surface area contributed by atoms with Gasteiger partial charge in [0.15, 0.2) is 0 Å². The van der Waals surface area contributed by atoms with Crippen molar-refractivity contribution in [2.75, 3.05) is 0 Å².